The third kappa shape index (κ3) is 9.45. The maximum atomic E-state index is 9.97. The monoisotopic (exact) mass is 182 g/mol. The van der Waals surface area contributed by atoms with Crippen LogP contribution in [0.2, 0.25) is 19.6 Å². The number of hydrogen-bond donors (Lipinski definition) is 0. The Morgan fingerprint density at radius 3 is 2.42 bits per heavy atom. The average Bonchev–Trinajstić information content (AvgIpc) is 1.94. The standard InChI is InChI=1S/C10H18OSi/c1-12(2,3)10-8-6-4-5-7-9-11/h9H,4-7H2,1-3H3. The summed E-state index contributed by atoms with van der Waals surface area (Å²) in [6.45, 7) is 6.72. The van der Waals surface area contributed by atoms with Crippen LogP contribution in [-0.4, -0.2) is 14.4 Å². The Balaban J connectivity index is 3.40. The molecule has 0 bridgehead atoms. The quantitative estimate of drug-likeness (QED) is 0.283. The molecule has 0 radical (unpaired) electrons. The van der Waals surface area contributed by atoms with Gasteiger partial charge in [0.15, 0.2) is 0 Å². The van der Waals surface area contributed by atoms with E-state index < -0.39 is 8.07 Å². The second-order valence-corrected chi connectivity index (χ2v) is 8.71. The van der Waals surface area contributed by atoms with Gasteiger partial charge in [0, 0.05) is 12.8 Å². The van der Waals surface area contributed by atoms with Crippen molar-refractivity contribution in [3.63, 3.8) is 0 Å². The minimum absolute atomic E-state index is 0.689. The SMILES string of the molecule is C[Si](C)(C)C#CCCCCC=O. The van der Waals surface area contributed by atoms with Crippen molar-refractivity contribution in [3.05, 3.63) is 0 Å². The van der Waals surface area contributed by atoms with Crippen molar-refractivity contribution in [2.24, 2.45) is 0 Å². The Bertz CT molecular complexity index is 180. The molecule has 0 fully saturated rings. The van der Waals surface area contributed by atoms with Gasteiger partial charge in [0.05, 0.1) is 0 Å². The molecular formula is C10H18OSi. The summed E-state index contributed by atoms with van der Waals surface area (Å²) in [5.74, 6) is 3.18. The molecule has 0 aliphatic heterocycles. The van der Waals surface area contributed by atoms with Gasteiger partial charge < -0.3 is 4.79 Å². The molecule has 12 heavy (non-hydrogen) atoms. The molecule has 0 aliphatic rings. The zero-order chi connectivity index (χ0) is 9.45. The van der Waals surface area contributed by atoms with Gasteiger partial charge in [-0.2, -0.15) is 0 Å². The van der Waals surface area contributed by atoms with Crippen LogP contribution >= 0.6 is 0 Å². The summed E-state index contributed by atoms with van der Waals surface area (Å²) in [5, 5.41) is 0. The molecule has 0 aromatic carbocycles. The molecule has 68 valence electrons. The number of unbranched alkanes of at least 4 members (excludes halogenated alkanes) is 3. The van der Waals surface area contributed by atoms with Gasteiger partial charge in [-0.3, -0.25) is 0 Å². The van der Waals surface area contributed by atoms with Crippen LogP contribution in [0.4, 0.5) is 0 Å². The highest BCUT2D eigenvalue weighted by molar-refractivity contribution is 6.83. The van der Waals surface area contributed by atoms with Crippen molar-refractivity contribution in [3.8, 4) is 11.5 Å². The van der Waals surface area contributed by atoms with Gasteiger partial charge in [-0.1, -0.05) is 19.6 Å². The van der Waals surface area contributed by atoms with Gasteiger partial charge in [-0.15, -0.1) is 11.5 Å². The van der Waals surface area contributed by atoms with Crippen LogP contribution in [0, 0.1) is 11.5 Å². The van der Waals surface area contributed by atoms with Crippen molar-refractivity contribution in [2.75, 3.05) is 0 Å². The van der Waals surface area contributed by atoms with Crippen LogP contribution in [0.1, 0.15) is 25.7 Å². The van der Waals surface area contributed by atoms with Crippen LogP contribution in [0.25, 0.3) is 0 Å². The zero-order valence-corrected chi connectivity index (χ0v) is 9.31. The van der Waals surface area contributed by atoms with E-state index in [0.29, 0.717) is 6.42 Å². The first-order valence-corrected chi connectivity index (χ1v) is 8.00. The van der Waals surface area contributed by atoms with Crippen molar-refractivity contribution in [1.82, 2.24) is 0 Å². The Labute approximate surface area is 76.6 Å². The smallest absolute Gasteiger partial charge is 0.129 e. The number of carbonyl (C=O) groups is 1. The summed E-state index contributed by atoms with van der Waals surface area (Å²) in [6, 6.07) is 0. The number of carbonyl (C=O) groups excluding carboxylic acids is 1. The normalized spacial score (nSPS) is 10.2. The molecule has 0 saturated heterocycles. The predicted molar refractivity (Wildman–Crippen MR) is 55.7 cm³/mol. The summed E-state index contributed by atoms with van der Waals surface area (Å²) in [6.07, 6.45) is 4.68. The van der Waals surface area contributed by atoms with Gasteiger partial charge in [0.2, 0.25) is 0 Å². The fourth-order valence-corrected chi connectivity index (χ4v) is 1.42. The van der Waals surface area contributed by atoms with E-state index in [4.69, 9.17) is 0 Å². The van der Waals surface area contributed by atoms with E-state index in [1.165, 1.54) is 0 Å². The van der Waals surface area contributed by atoms with Gasteiger partial charge in [0.1, 0.15) is 14.4 Å². The predicted octanol–water partition coefficient (Wildman–Crippen LogP) is 2.63. The highest BCUT2D eigenvalue weighted by atomic mass is 28.3. The van der Waals surface area contributed by atoms with E-state index in [1.807, 2.05) is 0 Å². The maximum Gasteiger partial charge on any atom is 0.129 e. The molecule has 0 rings (SSSR count). The summed E-state index contributed by atoms with van der Waals surface area (Å²) >= 11 is 0. The molecule has 0 aromatic rings. The van der Waals surface area contributed by atoms with Gasteiger partial charge in [-0.05, 0) is 12.8 Å². The minimum atomic E-state index is -1.16. The fourth-order valence-electron chi connectivity index (χ4n) is 0.769. The molecular weight excluding hydrogens is 164 g/mol. The summed E-state index contributed by atoms with van der Waals surface area (Å²) in [4.78, 5) is 9.97. The maximum absolute atomic E-state index is 9.97. The summed E-state index contributed by atoms with van der Waals surface area (Å²) in [5.41, 5.74) is 3.30. The van der Waals surface area contributed by atoms with Crippen molar-refractivity contribution in [1.29, 1.82) is 0 Å². The second kappa shape index (κ2) is 6.02. The third-order valence-corrected chi connectivity index (χ3v) is 2.26. The highest BCUT2D eigenvalue weighted by Gasteiger charge is 2.06. The zero-order valence-electron chi connectivity index (χ0n) is 8.31. The molecule has 0 N–H and O–H groups in total. The van der Waals surface area contributed by atoms with E-state index in [2.05, 4.69) is 31.1 Å². The molecule has 2 heteroatoms. The van der Waals surface area contributed by atoms with Crippen LogP contribution in [0.3, 0.4) is 0 Å². The number of hydrogen-bond acceptors (Lipinski definition) is 1. The Morgan fingerprint density at radius 1 is 1.25 bits per heavy atom. The van der Waals surface area contributed by atoms with Crippen LogP contribution in [-0.2, 0) is 4.79 Å². The highest BCUT2D eigenvalue weighted by Crippen LogP contribution is 1.99. The first-order valence-electron chi connectivity index (χ1n) is 4.50. The van der Waals surface area contributed by atoms with Crippen LogP contribution in [0.5, 0.6) is 0 Å². The van der Waals surface area contributed by atoms with Crippen molar-refractivity contribution < 1.29 is 4.79 Å². The van der Waals surface area contributed by atoms with Gasteiger partial charge in [-0.25, -0.2) is 0 Å². The molecule has 0 saturated carbocycles. The number of aldehydes is 1. The van der Waals surface area contributed by atoms with E-state index in [-0.39, 0.29) is 0 Å². The van der Waals surface area contributed by atoms with Gasteiger partial charge >= 0.3 is 0 Å². The topological polar surface area (TPSA) is 17.1 Å². The molecule has 0 spiro atoms. The van der Waals surface area contributed by atoms with Crippen LogP contribution < -0.4 is 0 Å². The average molecular weight is 182 g/mol. The molecule has 1 nitrogen and oxygen atoms in total. The second-order valence-electron chi connectivity index (χ2n) is 3.96. The lowest BCUT2D eigenvalue weighted by atomic mass is 10.2. The van der Waals surface area contributed by atoms with E-state index >= 15 is 0 Å². The summed E-state index contributed by atoms with van der Waals surface area (Å²) in [7, 11) is -1.16. The molecule has 0 aromatic heterocycles. The molecule has 0 amide bonds. The first kappa shape index (κ1) is 11.4. The van der Waals surface area contributed by atoms with E-state index in [9.17, 15) is 4.79 Å². The fraction of sp³-hybridized carbons (Fsp3) is 0.700. The third-order valence-electron chi connectivity index (χ3n) is 1.34. The Kier molecular flexibility index (Phi) is 5.74. The molecule has 0 atom stereocenters. The summed E-state index contributed by atoms with van der Waals surface area (Å²) < 4.78 is 0. The molecule has 0 aliphatic carbocycles. The first-order chi connectivity index (χ1) is 5.56. The largest absolute Gasteiger partial charge is 0.303 e. The van der Waals surface area contributed by atoms with Crippen LogP contribution in [0.15, 0.2) is 0 Å². The van der Waals surface area contributed by atoms with Crippen molar-refractivity contribution >= 4 is 14.4 Å². The van der Waals surface area contributed by atoms with Gasteiger partial charge in [0.25, 0.3) is 0 Å². The molecule has 0 unspecified atom stereocenters. The Morgan fingerprint density at radius 2 is 1.92 bits per heavy atom. The van der Waals surface area contributed by atoms with E-state index in [1.54, 1.807) is 0 Å². The lowest BCUT2D eigenvalue weighted by Crippen LogP contribution is -2.16. The van der Waals surface area contributed by atoms with E-state index in [0.717, 1.165) is 25.5 Å². The van der Waals surface area contributed by atoms with Crippen molar-refractivity contribution in [2.45, 2.75) is 45.3 Å². The lowest BCUT2D eigenvalue weighted by molar-refractivity contribution is -0.107. The number of rotatable bonds is 4. The minimum Gasteiger partial charge on any atom is -0.303 e. The lowest BCUT2D eigenvalue weighted by Gasteiger charge is -2.02. The Hall–Kier alpha value is -0.553. The molecule has 0 heterocycles.